The second-order valence-corrected chi connectivity index (χ2v) is 19.8. The van der Waals surface area contributed by atoms with Crippen molar-refractivity contribution in [3.63, 3.8) is 0 Å². The molecule has 4 aromatic carbocycles. The number of nitrogens with zero attached hydrogens (tertiary/aromatic N) is 2. The molecule has 7 unspecified atom stereocenters. The Morgan fingerprint density at radius 2 is 1.28 bits per heavy atom. The lowest BCUT2D eigenvalue weighted by atomic mass is 9.96. The lowest BCUT2D eigenvalue weighted by molar-refractivity contribution is -0.178. The molecule has 7 rings (SSSR count). The van der Waals surface area contributed by atoms with Crippen LogP contribution in [0.1, 0.15) is 88.1 Å². The first-order valence-corrected chi connectivity index (χ1v) is 26.0. The number of aryl methyl sites for hydroxylation is 1. The second kappa shape index (κ2) is 25.9. The molecule has 3 heterocycles. The van der Waals surface area contributed by atoms with Crippen LogP contribution in [0.15, 0.2) is 97.1 Å². The Morgan fingerprint density at radius 1 is 0.697 bits per heavy atom. The van der Waals surface area contributed by atoms with Crippen LogP contribution in [0.5, 0.6) is 11.5 Å². The van der Waals surface area contributed by atoms with Gasteiger partial charge in [0.15, 0.2) is 0 Å². The Hall–Kier alpha value is -7.39. The van der Waals surface area contributed by atoms with Gasteiger partial charge >= 0.3 is 0 Å². The lowest BCUT2D eigenvalue weighted by Crippen LogP contribution is -2.69. The first-order chi connectivity index (χ1) is 36.4. The molecular formula is C56H69N7O13. The van der Waals surface area contributed by atoms with Crippen molar-refractivity contribution >= 4 is 41.4 Å². The number of rotatable bonds is 14. The normalized spacial score (nSPS) is 24.8. The predicted molar refractivity (Wildman–Crippen MR) is 279 cm³/mol. The Bertz CT molecular complexity index is 2670. The molecule has 20 heteroatoms. The van der Waals surface area contributed by atoms with Gasteiger partial charge in [0.1, 0.15) is 54.0 Å². The zero-order chi connectivity index (χ0) is 54.6. The molecule has 3 saturated heterocycles. The minimum absolute atomic E-state index is 0.00928. The Balaban J connectivity index is 1.10. The second-order valence-electron chi connectivity index (χ2n) is 19.8. The summed E-state index contributed by atoms with van der Waals surface area (Å²) in [6.45, 7) is 4.82. The number of benzene rings is 4. The van der Waals surface area contributed by atoms with E-state index < -0.39 is 102 Å². The number of carbonyl (C=O) groups is 7. The zero-order valence-corrected chi connectivity index (χ0v) is 42.9. The molecule has 0 radical (unpaired) electrons. The number of amides is 7. The number of phenolic OH excluding ortho intramolecular Hbond substituents is 1. The lowest BCUT2D eigenvalue weighted by Gasteiger charge is -2.46. The van der Waals surface area contributed by atoms with E-state index in [-0.39, 0.29) is 62.9 Å². The van der Waals surface area contributed by atoms with Gasteiger partial charge in [-0.1, -0.05) is 80.4 Å². The molecule has 3 aliphatic heterocycles. The maximum atomic E-state index is 14.4. The zero-order valence-electron chi connectivity index (χ0n) is 42.9. The minimum atomic E-state index is -1.70. The number of phenols is 1. The van der Waals surface area contributed by atoms with Crippen molar-refractivity contribution in [2.24, 2.45) is 0 Å². The molecule has 3 aliphatic rings. The van der Waals surface area contributed by atoms with Crippen molar-refractivity contribution < 1.29 is 63.8 Å². The van der Waals surface area contributed by atoms with Gasteiger partial charge in [0.25, 0.3) is 11.8 Å². The van der Waals surface area contributed by atoms with Crippen molar-refractivity contribution in [1.82, 2.24) is 36.4 Å². The van der Waals surface area contributed by atoms with E-state index in [1.807, 2.05) is 48.5 Å². The smallest absolute Gasteiger partial charge is 0.251 e. The van der Waals surface area contributed by atoms with Gasteiger partial charge in [-0.3, -0.25) is 33.6 Å². The molecule has 76 heavy (non-hydrogen) atoms. The third kappa shape index (κ3) is 14.1. The van der Waals surface area contributed by atoms with E-state index in [2.05, 4.69) is 33.5 Å². The van der Waals surface area contributed by atoms with Crippen LogP contribution in [-0.4, -0.2) is 157 Å². The highest BCUT2D eigenvalue weighted by molar-refractivity contribution is 6.00. The van der Waals surface area contributed by atoms with Crippen LogP contribution >= 0.6 is 0 Å². The molecule has 4 aromatic rings. The van der Waals surface area contributed by atoms with Crippen LogP contribution in [0.25, 0.3) is 22.3 Å². The standard InChI is InChI=1S/C56H69N7O13/c1-4-5-6-28-76-42-24-20-38(21-25-42)36-14-12-35(13-15-36)37-16-18-39(19-17-37)50(69)58-43-8-7-27-57-53(72)46-30-47(68)63(46)56(75)49(33(3)65)61-52(71)44(26-11-34-9-22-40(66)23-10-34)59-54(73)45-29-41(67)31-62(45)55(74)48(32(2)64)60-51(43)70/h9-10,12-25,32-33,41,43-49,64-68H,4-8,11,26-31H2,1-3H3,(H,57,72)(H,58,69)(H,59,73)(H,60,70)(H,61,71)/t32?,33?,41-,43+,44?,45?,46?,47+,48?,49?/m1/s1. The van der Waals surface area contributed by atoms with Crippen molar-refractivity contribution in [2.45, 2.75) is 139 Å². The van der Waals surface area contributed by atoms with Crippen molar-refractivity contribution in [1.29, 1.82) is 0 Å². The summed E-state index contributed by atoms with van der Waals surface area (Å²) in [5, 5.41) is 66.3. The molecule has 20 nitrogen and oxygen atoms in total. The third-order valence-corrected chi connectivity index (χ3v) is 14.1. The minimum Gasteiger partial charge on any atom is -0.508 e. The number of aliphatic hydroxyl groups excluding tert-OH is 4. The van der Waals surface area contributed by atoms with Crippen LogP contribution < -0.4 is 31.3 Å². The van der Waals surface area contributed by atoms with Gasteiger partial charge < -0.3 is 66.7 Å². The monoisotopic (exact) mass is 1050 g/mol. The summed E-state index contributed by atoms with van der Waals surface area (Å²) in [5.74, 6) is -5.17. The summed E-state index contributed by atoms with van der Waals surface area (Å²) >= 11 is 0. The summed E-state index contributed by atoms with van der Waals surface area (Å²) in [7, 11) is 0. The topological polar surface area (TPSA) is 296 Å². The first kappa shape index (κ1) is 56.3. The summed E-state index contributed by atoms with van der Waals surface area (Å²) in [6, 6.07) is 19.8. The maximum absolute atomic E-state index is 14.4. The summed E-state index contributed by atoms with van der Waals surface area (Å²) in [4.78, 5) is 100. The Kier molecular flexibility index (Phi) is 19.2. The SMILES string of the molecule is CCCCCOc1ccc(-c2ccc(-c3ccc(C(=O)N[C@H]4CCCNC(=O)C5C[C@H](O)N5C(=O)C(C(C)O)NC(=O)C(CCc5ccc(O)cc5)NC(=O)C5C[C@@H](O)CN5C(=O)C(C(C)O)NC4=O)cc3)cc2)cc1. The summed E-state index contributed by atoms with van der Waals surface area (Å²) < 4.78 is 5.85. The molecule has 3 fully saturated rings. The number of aromatic hydroxyl groups is 1. The number of carbonyl (C=O) groups excluding carboxylic acids is 7. The highest BCUT2D eigenvalue weighted by atomic mass is 16.5. The molecule has 0 saturated carbocycles. The fraction of sp³-hybridized carbons (Fsp3) is 0.446. The molecule has 7 amide bonds. The molecular weight excluding hydrogens is 979 g/mol. The average Bonchev–Trinajstić information content (AvgIpc) is 3.81. The maximum Gasteiger partial charge on any atom is 0.251 e. The quantitative estimate of drug-likeness (QED) is 0.0811. The first-order valence-electron chi connectivity index (χ1n) is 26.0. The van der Waals surface area contributed by atoms with Crippen LogP contribution in [-0.2, 0) is 35.2 Å². The van der Waals surface area contributed by atoms with Gasteiger partial charge in [-0.15, -0.1) is 0 Å². The third-order valence-electron chi connectivity index (χ3n) is 14.1. The molecule has 0 bridgehead atoms. The van der Waals surface area contributed by atoms with E-state index in [1.54, 1.807) is 36.4 Å². The van der Waals surface area contributed by atoms with Crippen LogP contribution in [0.3, 0.4) is 0 Å². The summed E-state index contributed by atoms with van der Waals surface area (Å²) in [5.41, 5.74) is 4.58. The van der Waals surface area contributed by atoms with E-state index in [9.17, 15) is 59.1 Å². The molecule has 10 N–H and O–H groups in total. The Labute approximate surface area is 441 Å². The van der Waals surface area contributed by atoms with E-state index >= 15 is 0 Å². The van der Waals surface area contributed by atoms with Crippen LogP contribution in [0.2, 0.25) is 0 Å². The Morgan fingerprint density at radius 3 is 1.87 bits per heavy atom. The number of aliphatic hydroxyl groups is 4. The van der Waals surface area contributed by atoms with Crippen molar-refractivity contribution in [2.75, 3.05) is 19.7 Å². The fourth-order valence-electron chi connectivity index (χ4n) is 9.57. The number of ether oxygens (including phenoxy) is 1. The van der Waals surface area contributed by atoms with E-state index in [4.69, 9.17) is 4.74 Å². The van der Waals surface area contributed by atoms with Gasteiger partial charge in [0.2, 0.25) is 29.5 Å². The van der Waals surface area contributed by atoms with Crippen molar-refractivity contribution in [3.05, 3.63) is 108 Å². The number of fused-ring (bicyclic) bond motifs is 2. The van der Waals surface area contributed by atoms with E-state index in [0.717, 1.165) is 57.1 Å². The highest BCUT2D eigenvalue weighted by Gasteiger charge is 2.49. The summed E-state index contributed by atoms with van der Waals surface area (Å²) in [6.07, 6.45) is -3.01. The largest absolute Gasteiger partial charge is 0.508 e. The number of hydrogen-bond donors (Lipinski definition) is 10. The molecule has 10 atom stereocenters. The van der Waals surface area contributed by atoms with Crippen LogP contribution in [0.4, 0.5) is 0 Å². The number of nitrogens with one attached hydrogen (secondary N) is 5. The van der Waals surface area contributed by atoms with Crippen LogP contribution in [0, 0.1) is 0 Å². The van der Waals surface area contributed by atoms with E-state index in [0.29, 0.717) is 12.2 Å². The molecule has 0 aliphatic carbocycles. The molecule has 406 valence electrons. The average molecular weight is 1050 g/mol. The van der Waals surface area contributed by atoms with Gasteiger partial charge in [-0.05, 0) is 110 Å². The van der Waals surface area contributed by atoms with Gasteiger partial charge in [0.05, 0.1) is 24.9 Å². The fourth-order valence-corrected chi connectivity index (χ4v) is 9.57. The molecule has 0 spiro atoms. The van der Waals surface area contributed by atoms with Gasteiger partial charge in [-0.2, -0.15) is 0 Å². The van der Waals surface area contributed by atoms with Gasteiger partial charge in [0, 0.05) is 31.5 Å². The van der Waals surface area contributed by atoms with Gasteiger partial charge in [-0.25, -0.2) is 0 Å². The predicted octanol–water partition coefficient (Wildman–Crippen LogP) is 2.03. The van der Waals surface area contributed by atoms with Crippen molar-refractivity contribution in [3.8, 4) is 33.8 Å². The number of unbranched alkanes of at least 4 members (excludes halogenated alkanes) is 2. The number of hydrogen-bond acceptors (Lipinski definition) is 13. The molecule has 0 aromatic heterocycles. The highest BCUT2D eigenvalue weighted by Crippen LogP contribution is 2.29. The van der Waals surface area contributed by atoms with E-state index in [1.165, 1.54) is 26.0 Å².